The molecule has 2 heterocycles. The summed E-state index contributed by atoms with van der Waals surface area (Å²) in [5, 5.41) is 9.06. The maximum atomic E-state index is 13.1. The third-order valence-corrected chi connectivity index (χ3v) is 5.97. The number of benzodiazepines with no additional fused rings is 1. The van der Waals surface area contributed by atoms with E-state index in [4.69, 9.17) is 4.99 Å². The number of benzene rings is 2. The molecular formula is C23H22N6O4. The Morgan fingerprint density at radius 2 is 1.97 bits per heavy atom. The normalized spacial score (nSPS) is 18.1. The second-order valence-corrected chi connectivity index (χ2v) is 8.08. The van der Waals surface area contributed by atoms with Crippen LogP contribution >= 0.6 is 0 Å². The summed E-state index contributed by atoms with van der Waals surface area (Å²) in [6.07, 6.45) is 2.11. The maximum Gasteiger partial charge on any atom is 0.439 e. The van der Waals surface area contributed by atoms with Crippen molar-refractivity contribution < 1.29 is 14.1 Å². The minimum absolute atomic E-state index is 0.247. The van der Waals surface area contributed by atoms with Crippen LogP contribution in [-0.2, 0) is 4.79 Å². The van der Waals surface area contributed by atoms with E-state index in [1.54, 1.807) is 31.3 Å². The summed E-state index contributed by atoms with van der Waals surface area (Å²) < 4.78 is 4.53. The van der Waals surface area contributed by atoms with Gasteiger partial charge in [0.1, 0.15) is 0 Å². The molecule has 3 N–H and O–H groups in total. The first-order valence-corrected chi connectivity index (χ1v) is 10.7. The van der Waals surface area contributed by atoms with Crippen LogP contribution in [-0.4, -0.2) is 41.0 Å². The van der Waals surface area contributed by atoms with Crippen molar-refractivity contribution in [1.29, 1.82) is 0 Å². The van der Waals surface area contributed by atoms with Crippen molar-refractivity contribution in [2.24, 2.45) is 10.9 Å². The highest BCUT2D eigenvalue weighted by Crippen LogP contribution is 2.35. The van der Waals surface area contributed by atoms with Crippen LogP contribution in [0.2, 0.25) is 0 Å². The van der Waals surface area contributed by atoms with Crippen molar-refractivity contribution >= 4 is 29.0 Å². The fourth-order valence-corrected chi connectivity index (χ4v) is 4.04. The lowest BCUT2D eigenvalue weighted by Crippen LogP contribution is -2.47. The van der Waals surface area contributed by atoms with Crippen LogP contribution < -0.4 is 21.3 Å². The van der Waals surface area contributed by atoms with Crippen molar-refractivity contribution in [3.8, 4) is 11.4 Å². The maximum absolute atomic E-state index is 13.1. The van der Waals surface area contributed by atoms with Crippen molar-refractivity contribution in [2.45, 2.75) is 25.4 Å². The van der Waals surface area contributed by atoms with E-state index >= 15 is 0 Å². The van der Waals surface area contributed by atoms with Crippen LogP contribution in [0.15, 0.2) is 62.8 Å². The van der Waals surface area contributed by atoms with Gasteiger partial charge >= 0.3 is 11.8 Å². The van der Waals surface area contributed by atoms with Crippen molar-refractivity contribution in [3.05, 3.63) is 64.6 Å². The molecule has 0 radical (unpaired) electrons. The number of rotatable bonds is 4. The minimum atomic E-state index is -1.05. The highest BCUT2D eigenvalue weighted by Gasteiger charge is 2.34. The van der Waals surface area contributed by atoms with Crippen molar-refractivity contribution in [3.63, 3.8) is 0 Å². The second kappa shape index (κ2) is 8.38. The van der Waals surface area contributed by atoms with Gasteiger partial charge in [-0.15, -0.1) is 0 Å². The summed E-state index contributed by atoms with van der Waals surface area (Å²) in [6.45, 7) is 0. The first-order valence-electron chi connectivity index (χ1n) is 10.7. The van der Waals surface area contributed by atoms with E-state index < -0.39 is 18.0 Å². The summed E-state index contributed by atoms with van der Waals surface area (Å²) in [7, 11) is 1.69. The highest BCUT2D eigenvalue weighted by molar-refractivity contribution is 6.14. The number of carbonyl (C=O) groups excluding carboxylic acids is 2. The molecule has 2 aromatic carbocycles. The third kappa shape index (κ3) is 4.02. The lowest BCUT2D eigenvalue weighted by Gasteiger charge is -2.28. The first kappa shape index (κ1) is 20.7. The van der Waals surface area contributed by atoms with Crippen LogP contribution in [0.25, 0.3) is 11.4 Å². The highest BCUT2D eigenvalue weighted by atomic mass is 16.5. The van der Waals surface area contributed by atoms with Gasteiger partial charge in [0.25, 0.3) is 5.91 Å². The largest absolute Gasteiger partial charge is 0.439 e. The molecular weight excluding hydrogens is 424 g/mol. The van der Waals surface area contributed by atoms with E-state index in [1.807, 2.05) is 24.3 Å². The number of para-hydroxylation sites is 1. The smallest absolute Gasteiger partial charge is 0.311 e. The summed E-state index contributed by atoms with van der Waals surface area (Å²) in [5.74, 6) is -0.463. The summed E-state index contributed by atoms with van der Waals surface area (Å²) >= 11 is 0. The standard InChI is InChI=1S/C23H22N6O4/c1-29-17-11-3-2-10-16(17)18(13-6-4-7-13)25-20(21(29)30)26-22(31)24-15-9-5-8-14(12-15)19-27-23(32)33-28-19/h2-3,5,8-13,20H,4,6-7H2,1H3,(H2,24,26,31)(H,27,28,32). The fraction of sp³-hybridized carbons (Fsp3) is 0.261. The van der Waals surface area contributed by atoms with E-state index in [2.05, 4.69) is 25.3 Å². The molecule has 3 aromatic rings. The van der Waals surface area contributed by atoms with Crippen LogP contribution in [0.5, 0.6) is 0 Å². The molecule has 0 bridgehead atoms. The number of hydrogen-bond donors (Lipinski definition) is 3. The summed E-state index contributed by atoms with van der Waals surface area (Å²) in [5.41, 5.74) is 3.58. The van der Waals surface area contributed by atoms with Crippen LogP contribution in [0.4, 0.5) is 16.2 Å². The second-order valence-electron chi connectivity index (χ2n) is 8.08. The van der Waals surface area contributed by atoms with Crippen LogP contribution in [0.3, 0.4) is 0 Å². The number of hydrogen-bond acceptors (Lipinski definition) is 6. The lowest BCUT2D eigenvalue weighted by molar-refractivity contribution is -0.119. The van der Waals surface area contributed by atoms with Crippen LogP contribution in [0.1, 0.15) is 24.8 Å². The Labute approximate surface area is 188 Å². The van der Waals surface area contributed by atoms with E-state index in [1.165, 1.54) is 4.90 Å². The number of aromatic amines is 1. The Morgan fingerprint density at radius 3 is 2.70 bits per heavy atom. The molecule has 2 aliphatic rings. The van der Waals surface area contributed by atoms with E-state index in [-0.39, 0.29) is 17.6 Å². The summed E-state index contributed by atoms with van der Waals surface area (Å²) in [4.78, 5) is 45.8. The fourth-order valence-electron chi connectivity index (χ4n) is 4.04. The number of carbonyl (C=O) groups is 2. The van der Waals surface area contributed by atoms with E-state index in [0.717, 1.165) is 36.2 Å². The Bertz CT molecular complexity index is 1310. The molecule has 1 aliphatic carbocycles. The molecule has 33 heavy (non-hydrogen) atoms. The average molecular weight is 446 g/mol. The molecule has 1 fully saturated rings. The van der Waals surface area contributed by atoms with E-state index in [0.29, 0.717) is 11.3 Å². The SMILES string of the molecule is CN1C(=O)C(NC(=O)Nc2cccc(-c3noc(=O)[nH]3)c2)N=C(C2CCC2)c2ccccc21. The molecule has 1 unspecified atom stereocenters. The predicted molar refractivity (Wildman–Crippen MR) is 122 cm³/mol. The number of anilines is 2. The van der Waals surface area contributed by atoms with Gasteiger partial charge in [-0.3, -0.25) is 19.3 Å². The van der Waals surface area contributed by atoms with E-state index in [9.17, 15) is 14.4 Å². The van der Waals surface area contributed by atoms with Crippen molar-refractivity contribution in [2.75, 3.05) is 17.3 Å². The molecule has 1 aromatic heterocycles. The zero-order chi connectivity index (χ0) is 22.9. The molecule has 0 saturated heterocycles. The van der Waals surface area contributed by atoms with Crippen molar-refractivity contribution in [1.82, 2.24) is 15.5 Å². The monoisotopic (exact) mass is 446 g/mol. The van der Waals surface area contributed by atoms with Gasteiger partial charge in [-0.25, -0.2) is 9.59 Å². The molecule has 168 valence electrons. The number of nitrogens with one attached hydrogen (secondary N) is 3. The molecule has 10 nitrogen and oxygen atoms in total. The lowest BCUT2D eigenvalue weighted by atomic mass is 9.79. The van der Waals surface area contributed by atoms with Gasteiger partial charge in [-0.2, -0.15) is 0 Å². The van der Waals surface area contributed by atoms with Gasteiger partial charge < -0.3 is 15.5 Å². The predicted octanol–water partition coefficient (Wildman–Crippen LogP) is 2.74. The zero-order valence-electron chi connectivity index (χ0n) is 17.9. The molecule has 1 saturated carbocycles. The molecule has 0 spiro atoms. The van der Waals surface area contributed by atoms with Gasteiger partial charge in [0.15, 0.2) is 5.82 Å². The Morgan fingerprint density at radius 1 is 1.15 bits per heavy atom. The zero-order valence-corrected chi connectivity index (χ0v) is 17.9. The van der Waals surface area contributed by atoms with Gasteiger partial charge in [0, 0.05) is 29.8 Å². The number of aromatic nitrogens is 2. The topological polar surface area (TPSA) is 133 Å². The summed E-state index contributed by atoms with van der Waals surface area (Å²) in [6, 6.07) is 13.8. The van der Waals surface area contributed by atoms with Crippen LogP contribution in [0, 0.1) is 5.92 Å². The quantitative estimate of drug-likeness (QED) is 0.567. The Hall–Kier alpha value is -4.21. The molecule has 5 rings (SSSR count). The number of nitrogens with zero attached hydrogens (tertiary/aromatic N) is 3. The van der Waals surface area contributed by atoms with Gasteiger partial charge in [-0.05, 0) is 31.0 Å². The first-order chi connectivity index (χ1) is 16.0. The Balaban J connectivity index is 1.38. The van der Waals surface area contributed by atoms with Gasteiger partial charge in [0.05, 0.1) is 11.4 Å². The number of H-pyrrole nitrogens is 1. The molecule has 1 atom stereocenters. The number of urea groups is 1. The average Bonchev–Trinajstić information content (AvgIpc) is 3.19. The number of fused-ring (bicyclic) bond motifs is 1. The third-order valence-electron chi connectivity index (χ3n) is 5.97. The molecule has 3 amide bonds. The number of amides is 3. The van der Waals surface area contributed by atoms with Gasteiger partial charge in [0.2, 0.25) is 6.17 Å². The number of aliphatic imine (C=N–C) groups is 1. The minimum Gasteiger partial charge on any atom is -0.311 e. The molecule has 10 heteroatoms. The number of likely N-dealkylation sites (N-methyl/N-ethyl adjacent to an activating group) is 1. The Kier molecular flexibility index (Phi) is 5.25. The molecule has 1 aliphatic heterocycles. The van der Waals surface area contributed by atoms with Gasteiger partial charge in [-0.1, -0.05) is 41.9 Å².